The average molecular weight is 306 g/mol. The summed E-state index contributed by atoms with van der Waals surface area (Å²) >= 11 is 0. The zero-order chi connectivity index (χ0) is 15.2. The summed E-state index contributed by atoms with van der Waals surface area (Å²) in [6.07, 6.45) is 5.17. The first-order chi connectivity index (χ1) is 10.0. The number of hydrogen-bond acceptors (Lipinski definition) is 3. The molecule has 1 aromatic carbocycles. The second-order valence-electron chi connectivity index (χ2n) is 4.74. The van der Waals surface area contributed by atoms with E-state index in [-0.39, 0.29) is 12.1 Å². The van der Waals surface area contributed by atoms with Gasteiger partial charge in [-0.2, -0.15) is 5.10 Å². The van der Waals surface area contributed by atoms with Gasteiger partial charge in [0.15, 0.2) is 0 Å². The van der Waals surface area contributed by atoms with Crippen molar-refractivity contribution in [3.8, 4) is 5.69 Å². The molecule has 0 saturated carbocycles. The summed E-state index contributed by atoms with van der Waals surface area (Å²) in [6, 6.07) is 8.75. The molecule has 2 amide bonds. The van der Waals surface area contributed by atoms with Crippen LogP contribution in [0, 0.1) is 0 Å². The Bertz CT molecular complexity index is 610. The number of benzene rings is 1. The first-order valence-corrected chi connectivity index (χ1v) is 8.25. The van der Waals surface area contributed by atoms with Crippen molar-refractivity contribution in [3.05, 3.63) is 42.7 Å². The number of anilines is 1. The van der Waals surface area contributed by atoms with E-state index in [2.05, 4.69) is 15.7 Å². The first-order valence-electron chi connectivity index (χ1n) is 6.52. The van der Waals surface area contributed by atoms with Crippen LogP contribution in [0.2, 0.25) is 0 Å². The summed E-state index contributed by atoms with van der Waals surface area (Å²) in [5, 5.41) is 9.61. The molecule has 2 rings (SSSR count). The molecule has 0 aliphatic rings. The Morgan fingerprint density at radius 2 is 2.10 bits per heavy atom. The quantitative estimate of drug-likeness (QED) is 0.884. The smallest absolute Gasteiger partial charge is 0.319 e. The number of urea groups is 1. The van der Waals surface area contributed by atoms with Crippen molar-refractivity contribution >= 4 is 22.5 Å². The zero-order valence-electron chi connectivity index (χ0n) is 11.9. The van der Waals surface area contributed by atoms with Crippen molar-refractivity contribution in [1.29, 1.82) is 0 Å². The highest BCUT2D eigenvalue weighted by Crippen LogP contribution is 2.12. The van der Waals surface area contributed by atoms with Gasteiger partial charge in [0.25, 0.3) is 0 Å². The summed E-state index contributed by atoms with van der Waals surface area (Å²) in [5.41, 5.74) is 1.61. The minimum atomic E-state index is -0.931. The second kappa shape index (κ2) is 7.03. The Labute approximate surface area is 126 Å². The fourth-order valence-corrected chi connectivity index (χ4v) is 2.69. The van der Waals surface area contributed by atoms with E-state index < -0.39 is 10.8 Å². The number of aromatic nitrogens is 2. The van der Waals surface area contributed by atoms with Crippen molar-refractivity contribution in [2.24, 2.45) is 0 Å². The van der Waals surface area contributed by atoms with Crippen molar-refractivity contribution in [2.45, 2.75) is 13.0 Å². The summed E-state index contributed by atoms with van der Waals surface area (Å²) < 4.78 is 12.8. The van der Waals surface area contributed by atoms with Gasteiger partial charge in [-0.3, -0.25) is 4.21 Å². The van der Waals surface area contributed by atoms with Crippen molar-refractivity contribution in [1.82, 2.24) is 15.1 Å². The highest BCUT2D eigenvalue weighted by Gasteiger charge is 2.08. The Balaban J connectivity index is 1.91. The molecule has 112 valence electrons. The highest BCUT2D eigenvalue weighted by molar-refractivity contribution is 7.84. The van der Waals surface area contributed by atoms with Gasteiger partial charge in [0, 0.05) is 46.9 Å². The van der Waals surface area contributed by atoms with Gasteiger partial charge in [0.2, 0.25) is 0 Å². The average Bonchev–Trinajstić information content (AvgIpc) is 2.92. The van der Waals surface area contributed by atoms with Gasteiger partial charge in [-0.1, -0.05) is 0 Å². The third-order valence-electron chi connectivity index (χ3n) is 2.76. The molecule has 0 fully saturated rings. The molecule has 0 unspecified atom stereocenters. The lowest BCUT2D eigenvalue weighted by Crippen LogP contribution is -2.39. The predicted octanol–water partition coefficient (Wildman–Crippen LogP) is 1.76. The van der Waals surface area contributed by atoms with E-state index in [1.54, 1.807) is 29.3 Å². The fraction of sp³-hybridized carbons (Fsp3) is 0.286. The molecule has 21 heavy (non-hydrogen) atoms. The van der Waals surface area contributed by atoms with Gasteiger partial charge in [-0.05, 0) is 37.3 Å². The minimum Gasteiger partial charge on any atom is -0.334 e. The Morgan fingerprint density at radius 1 is 1.38 bits per heavy atom. The number of nitrogens with one attached hydrogen (secondary N) is 2. The van der Waals surface area contributed by atoms with Crippen LogP contribution in [-0.2, 0) is 10.8 Å². The molecule has 0 radical (unpaired) electrons. The van der Waals surface area contributed by atoms with Crippen LogP contribution in [0.15, 0.2) is 42.7 Å². The largest absolute Gasteiger partial charge is 0.334 e. The lowest BCUT2D eigenvalue weighted by molar-refractivity contribution is 0.250. The molecule has 0 aliphatic heterocycles. The van der Waals surface area contributed by atoms with Crippen LogP contribution in [0.5, 0.6) is 0 Å². The molecule has 2 atom stereocenters. The Kier molecular flexibility index (Phi) is 5.10. The minimum absolute atomic E-state index is 0.140. The van der Waals surface area contributed by atoms with Crippen LogP contribution < -0.4 is 10.6 Å². The van der Waals surface area contributed by atoms with Crippen LogP contribution in [0.1, 0.15) is 6.92 Å². The molecule has 0 spiro atoms. The van der Waals surface area contributed by atoms with E-state index in [1.807, 2.05) is 31.3 Å². The van der Waals surface area contributed by atoms with Gasteiger partial charge < -0.3 is 10.6 Å². The number of amides is 2. The van der Waals surface area contributed by atoms with Crippen LogP contribution in [0.3, 0.4) is 0 Å². The Hall–Kier alpha value is -2.15. The van der Waals surface area contributed by atoms with Crippen LogP contribution in [-0.4, -0.2) is 38.1 Å². The maximum Gasteiger partial charge on any atom is 0.319 e. The number of hydrogen-bond donors (Lipinski definition) is 2. The third-order valence-corrected chi connectivity index (χ3v) is 3.73. The fourth-order valence-electron chi connectivity index (χ4n) is 1.90. The summed E-state index contributed by atoms with van der Waals surface area (Å²) in [7, 11) is -0.931. The Morgan fingerprint density at radius 3 is 2.67 bits per heavy atom. The van der Waals surface area contributed by atoms with Crippen molar-refractivity contribution < 1.29 is 9.00 Å². The first kappa shape index (κ1) is 15.2. The topological polar surface area (TPSA) is 76.0 Å². The molecule has 1 aromatic heterocycles. The highest BCUT2D eigenvalue weighted by atomic mass is 32.2. The van der Waals surface area contributed by atoms with Gasteiger partial charge in [-0.25, -0.2) is 9.48 Å². The number of carbonyl (C=O) groups excluding carboxylic acids is 1. The molecule has 7 heteroatoms. The normalized spacial score (nSPS) is 13.4. The van der Waals surface area contributed by atoms with Crippen LogP contribution >= 0.6 is 0 Å². The number of carbonyl (C=O) groups is 1. The van der Waals surface area contributed by atoms with E-state index in [0.717, 1.165) is 5.69 Å². The maximum atomic E-state index is 11.8. The number of rotatable bonds is 5. The molecular formula is C14H18N4O2S. The summed E-state index contributed by atoms with van der Waals surface area (Å²) in [5.74, 6) is 0.436. The summed E-state index contributed by atoms with van der Waals surface area (Å²) in [4.78, 5) is 11.8. The summed E-state index contributed by atoms with van der Waals surface area (Å²) in [6.45, 7) is 1.82. The monoisotopic (exact) mass is 306 g/mol. The molecule has 6 nitrogen and oxygen atoms in total. The van der Waals surface area contributed by atoms with E-state index in [4.69, 9.17) is 0 Å². The third kappa shape index (κ3) is 4.71. The van der Waals surface area contributed by atoms with Crippen molar-refractivity contribution in [2.75, 3.05) is 17.3 Å². The van der Waals surface area contributed by atoms with E-state index in [9.17, 15) is 9.00 Å². The molecule has 1 heterocycles. The lowest BCUT2D eigenvalue weighted by atomic mass is 10.3. The van der Waals surface area contributed by atoms with Gasteiger partial charge in [0.1, 0.15) is 0 Å². The lowest BCUT2D eigenvalue weighted by Gasteiger charge is -2.13. The molecule has 2 N–H and O–H groups in total. The van der Waals surface area contributed by atoms with Crippen molar-refractivity contribution in [3.63, 3.8) is 0 Å². The van der Waals surface area contributed by atoms with Crippen LogP contribution in [0.25, 0.3) is 5.69 Å². The van der Waals surface area contributed by atoms with E-state index in [1.165, 1.54) is 0 Å². The molecular weight excluding hydrogens is 288 g/mol. The number of nitrogens with zero attached hydrogens (tertiary/aromatic N) is 2. The predicted molar refractivity (Wildman–Crippen MR) is 84.1 cm³/mol. The second-order valence-corrected chi connectivity index (χ2v) is 6.22. The zero-order valence-corrected chi connectivity index (χ0v) is 12.8. The van der Waals surface area contributed by atoms with Gasteiger partial charge in [0.05, 0.1) is 5.69 Å². The molecule has 0 saturated heterocycles. The maximum absolute atomic E-state index is 11.8. The molecule has 0 aliphatic carbocycles. The SMILES string of the molecule is C[C@H](C[S@](C)=O)NC(=O)Nc1ccc(-n2cccn2)cc1. The van der Waals surface area contributed by atoms with E-state index in [0.29, 0.717) is 11.4 Å². The van der Waals surface area contributed by atoms with Gasteiger partial charge in [-0.15, -0.1) is 0 Å². The molecule has 2 aromatic rings. The van der Waals surface area contributed by atoms with E-state index >= 15 is 0 Å². The van der Waals surface area contributed by atoms with Crippen LogP contribution in [0.4, 0.5) is 10.5 Å². The van der Waals surface area contributed by atoms with Gasteiger partial charge >= 0.3 is 6.03 Å². The molecule has 0 bridgehead atoms. The standard InChI is InChI=1S/C14H18N4O2S/c1-11(10-21(2)20)16-14(19)17-12-4-6-13(7-5-12)18-9-3-8-15-18/h3-9,11H,10H2,1-2H3,(H2,16,17,19)/t11-,21+/m1/s1.